The molecule has 4 rings (SSSR count). The summed E-state index contributed by atoms with van der Waals surface area (Å²) in [6, 6.07) is 10.5. The lowest BCUT2D eigenvalue weighted by Gasteiger charge is -2.11. The van der Waals surface area contributed by atoms with E-state index in [1.165, 1.54) is 13.1 Å². The van der Waals surface area contributed by atoms with E-state index < -0.39 is 22.9 Å². The van der Waals surface area contributed by atoms with Gasteiger partial charge in [-0.15, -0.1) is 10.2 Å². The number of nitrogens with one attached hydrogen (secondary N) is 2. The number of anilines is 1. The van der Waals surface area contributed by atoms with Gasteiger partial charge in [0.15, 0.2) is 28.6 Å². The van der Waals surface area contributed by atoms with Crippen LogP contribution in [0.2, 0.25) is 0 Å². The summed E-state index contributed by atoms with van der Waals surface area (Å²) in [5.41, 5.74) is 0.341. The van der Waals surface area contributed by atoms with E-state index in [9.17, 15) is 18.4 Å². The maximum absolute atomic E-state index is 13.7. The fourth-order valence-electron chi connectivity index (χ4n) is 3.48. The molecule has 0 spiro atoms. The van der Waals surface area contributed by atoms with Gasteiger partial charge in [0.2, 0.25) is 0 Å². The Kier molecular flexibility index (Phi) is 7.22. The van der Waals surface area contributed by atoms with Gasteiger partial charge in [0.05, 0.1) is 13.2 Å². The van der Waals surface area contributed by atoms with Gasteiger partial charge in [0, 0.05) is 37.9 Å². The minimum atomic E-state index is -1.05. The molecule has 0 amide bonds. The second-order valence-electron chi connectivity index (χ2n) is 7.77. The minimum Gasteiger partial charge on any atom is -0.395 e. The fourth-order valence-corrected chi connectivity index (χ4v) is 3.48. The SMILES string of the molecule is Cn1c(=O)c2nc(-c3ccc(NCCNCCO)cc3)nnc2n(Cc2ccc(F)c(F)c2)c1=O. The third kappa shape index (κ3) is 5.23. The first-order valence-electron chi connectivity index (χ1n) is 10.8. The number of fused-ring (bicyclic) bond motifs is 1. The van der Waals surface area contributed by atoms with Gasteiger partial charge >= 0.3 is 5.69 Å². The van der Waals surface area contributed by atoms with E-state index in [2.05, 4.69) is 25.8 Å². The van der Waals surface area contributed by atoms with Crippen molar-refractivity contribution in [2.45, 2.75) is 6.54 Å². The molecular formula is C23H23F2N7O3. The van der Waals surface area contributed by atoms with Crippen molar-refractivity contribution in [1.82, 2.24) is 29.6 Å². The molecule has 3 N–H and O–H groups in total. The number of nitrogens with zero attached hydrogens (tertiary/aromatic N) is 5. The van der Waals surface area contributed by atoms with Crippen molar-refractivity contribution in [3.63, 3.8) is 0 Å². The number of aliphatic hydroxyl groups is 1. The molecule has 0 radical (unpaired) electrons. The highest BCUT2D eigenvalue weighted by Crippen LogP contribution is 2.19. The van der Waals surface area contributed by atoms with Crippen LogP contribution in [0.25, 0.3) is 22.6 Å². The predicted octanol–water partition coefficient (Wildman–Crippen LogP) is 0.872. The zero-order valence-corrected chi connectivity index (χ0v) is 18.8. The highest BCUT2D eigenvalue weighted by molar-refractivity contribution is 5.71. The van der Waals surface area contributed by atoms with E-state index in [-0.39, 0.29) is 30.1 Å². The Hall–Kier alpha value is -4.03. The summed E-state index contributed by atoms with van der Waals surface area (Å²) in [6.07, 6.45) is 0. The van der Waals surface area contributed by atoms with Gasteiger partial charge in [0.1, 0.15) is 0 Å². The number of hydrogen-bond donors (Lipinski definition) is 3. The first kappa shape index (κ1) is 24.1. The van der Waals surface area contributed by atoms with Crippen LogP contribution in [0.5, 0.6) is 0 Å². The molecule has 2 aromatic carbocycles. The van der Waals surface area contributed by atoms with Crippen molar-refractivity contribution in [2.24, 2.45) is 7.05 Å². The van der Waals surface area contributed by atoms with E-state index in [1.807, 2.05) is 12.1 Å². The van der Waals surface area contributed by atoms with Crippen molar-refractivity contribution in [3.05, 3.63) is 80.5 Å². The summed E-state index contributed by atoms with van der Waals surface area (Å²) in [4.78, 5) is 29.8. The molecule has 0 unspecified atom stereocenters. The standard InChI is InChI=1S/C23H23F2N7O3/c1-31-22(34)19-21(32(23(31)35)13-14-2-7-17(24)18(25)12-14)30-29-20(28-19)15-3-5-16(6-4-15)27-9-8-26-10-11-33/h2-7,12,26-27,33H,8-11,13H2,1H3. The van der Waals surface area contributed by atoms with Crippen LogP contribution < -0.4 is 21.9 Å². The number of aromatic nitrogens is 5. The zero-order valence-electron chi connectivity index (χ0n) is 18.8. The number of benzene rings is 2. The molecule has 0 aliphatic rings. The van der Waals surface area contributed by atoms with Gasteiger partial charge in [0.25, 0.3) is 5.56 Å². The van der Waals surface area contributed by atoms with E-state index in [4.69, 9.17) is 5.11 Å². The van der Waals surface area contributed by atoms with Gasteiger partial charge in [-0.3, -0.25) is 13.9 Å². The second kappa shape index (κ2) is 10.5. The van der Waals surface area contributed by atoms with Crippen molar-refractivity contribution in [2.75, 3.05) is 31.6 Å². The summed E-state index contributed by atoms with van der Waals surface area (Å²) in [5, 5.41) is 23.2. The van der Waals surface area contributed by atoms with Crippen LogP contribution in [0, 0.1) is 11.6 Å². The smallest absolute Gasteiger partial charge is 0.332 e. The molecule has 2 aromatic heterocycles. The molecule has 182 valence electrons. The Morgan fingerprint density at radius 2 is 1.74 bits per heavy atom. The van der Waals surface area contributed by atoms with Crippen molar-refractivity contribution < 1.29 is 13.9 Å². The summed E-state index contributed by atoms with van der Waals surface area (Å²) < 4.78 is 29.0. The Morgan fingerprint density at radius 1 is 0.971 bits per heavy atom. The molecule has 10 nitrogen and oxygen atoms in total. The lowest BCUT2D eigenvalue weighted by molar-refractivity contribution is 0.293. The van der Waals surface area contributed by atoms with E-state index in [1.54, 1.807) is 12.1 Å². The molecule has 0 saturated heterocycles. The summed E-state index contributed by atoms with van der Waals surface area (Å²) in [5.74, 6) is -1.85. The van der Waals surface area contributed by atoms with Gasteiger partial charge in [-0.25, -0.2) is 18.6 Å². The topological polar surface area (TPSA) is 127 Å². The lowest BCUT2D eigenvalue weighted by Crippen LogP contribution is -2.39. The predicted molar refractivity (Wildman–Crippen MR) is 126 cm³/mol. The third-order valence-corrected chi connectivity index (χ3v) is 5.34. The number of aliphatic hydroxyl groups excluding tert-OH is 1. The van der Waals surface area contributed by atoms with Crippen LogP contribution in [-0.4, -0.2) is 55.7 Å². The summed E-state index contributed by atoms with van der Waals surface area (Å²) >= 11 is 0. The average Bonchev–Trinajstić information content (AvgIpc) is 2.87. The largest absolute Gasteiger partial charge is 0.395 e. The normalized spacial score (nSPS) is 11.2. The highest BCUT2D eigenvalue weighted by atomic mass is 19.2. The molecule has 12 heteroatoms. The van der Waals surface area contributed by atoms with Crippen LogP contribution in [0.15, 0.2) is 52.1 Å². The molecule has 2 heterocycles. The Morgan fingerprint density at radius 3 is 2.46 bits per heavy atom. The molecular weight excluding hydrogens is 460 g/mol. The van der Waals surface area contributed by atoms with Crippen LogP contribution >= 0.6 is 0 Å². The maximum atomic E-state index is 13.7. The van der Waals surface area contributed by atoms with Gasteiger partial charge in [-0.1, -0.05) is 6.07 Å². The van der Waals surface area contributed by atoms with E-state index >= 15 is 0 Å². The molecule has 0 saturated carbocycles. The molecule has 0 aliphatic heterocycles. The Balaban J connectivity index is 1.64. The fraction of sp³-hybridized carbons (Fsp3) is 0.261. The summed E-state index contributed by atoms with van der Waals surface area (Å²) in [7, 11) is 1.31. The zero-order chi connectivity index (χ0) is 24.9. The van der Waals surface area contributed by atoms with Crippen molar-refractivity contribution >= 4 is 16.9 Å². The minimum absolute atomic E-state index is 0.0553. The van der Waals surface area contributed by atoms with Gasteiger partial charge in [-0.2, -0.15) is 0 Å². The Labute approximate surface area is 197 Å². The molecule has 0 atom stereocenters. The van der Waals surface area contributed by atoms with Gasteiger partial charge in [-0.05, 0) is 42.0 Å². The number of halogens is 2. The highest BCUT2D eigenvalue weighted by Gasteiger charge is 2.17. The van der Waals surface area contributed by atoms with Crippen LogP contribution in [0.4, 0.5) is 14.5 Å². The Bertz CT molecular complexity index is 1470. The molecule has 0 bridgehead atoms. The average molecular weight is 483 g/mol. The quantitative estimate of drug-likeness (QED) is 0.300. The number of hydrogen-bond acceptors (Lipinski definition) is 8. The van der Waals surface area contributed by atoms with Crippen LogP contribution in [-0.2, 0) is 13.6 Å². The first-order chi connectivity index (χ1) is 16.9. The van der Waals surface area contributed by atoms with E-state index in [0.717, 1.165) is 27.0 Å². The third-order valence-electron chi connectivity index (χ3n) is 5.34. The van der Waals surface area contributed by atoms with Crippen LogP contribution in [0.1, 0.15) is 5.56 Å². The van der Waals surface area contributed by atoms with Crippen molar-refractivity contribution in [1.29, 1.82) is 0 Å². The lowest BCUT2D eigenvalue weighted by atomic mass is 10.2. The first-order valence-corrected chi connectivity index (χ1v) is 10.8. The van der Waals surface area contributed by atoms with Gasteiger partial charge < -0.3 is 15.7 Å². The molecule has 4 aromatic rings. The molecule has 35 heavy (non-hydrogen) atoms. The molecule has 0 fully saturated rings. The van der Waals surface area contributed by atoms with Crippen molar-refractivity contribution in [3.8, 4) is 11.4 Å². The number of rotatable bonds is 9. The van der Waals surface area contributed by atoms with Crippen LogP contribution in [0.3, 0.4) is 0 Å². The monoisotopic (exact) mass is 483 g/mol. The maximum Gasteiger partial charge on any atom is 0.332 e. The second-order valence-corrected chi connectivity index (χ2v) is 7.77. The summed E-state index contributed by atoms with van der Waals surface area (Å²) in [6.45, 7) is 1.82. The molecule has 0 aliphatic carbocycles. The van der Waals surface area contributed by atoms with E-state index in [0.29, 0.717) is 30.8 Å².